The zero-order chi connectivity index (χ0) is 32.8. The number of carbonyl (C=O) groups excluding carboxylic acids is 1. The Morgan fingerprint density at radius 1 is 1.12 bits per heavy atom. The third kappa shape index (κ3) is 11.4. The SMILES string of the molecule is CC.CC(C)(C)C[C@@H]1NCC(c2cccc(Cl)c2F)[C@]1(C)C#N.COc1cc(C)ccc1NC=O.Fc1cccc(Cl)c1. The molecule has 4 rings (SSSR count). The monoisotopic (exact) mass is 633 g/mol. The lowest BCUT2D eigenvalue weighted by Gasteiger charge is -2.33. The summed E-state index contributed by atoms with van der Waals surface area (Å²) < 4.78 is 31.5. The minimum absolute atomic E-state index is 0.0471. The van der Waals surface area contributed by atoms with E-state index in [4.69, 9.17) is 27.9 Å². The van der Waals surface area contributed by atoms with Gasteiger partial charge in [-0.25, -0.2) is 8.78 Å². The maximum absolute atomic E-state index is 14.3. The van der Waals surface area contributed by atoms with Gasteiger partial charge in [0.05, 0.1) is 29.3 Å². The van der Waals surface area contributed by atoms with Gasteiger partial charge in [0.2, 0.25) is 6.41 Å². The molecule has 234 valence electrons. The summed E-state index contributed by atoms with van der Waals surface area (Å²) in [6.07, 6.45) is 1.50. The highest BCUT2D eigenvalue weighted by Crippen LogP contribution is 2.47. The Balaban J connectivity index is 0.000000353. The van der Waals surface area contributed by atoms with Crippen molar-refractivity contribution in [2.75, 3.05) is 19.0 Å². The summed E-state index contributed by atoms with van der Waals surface area (Å²) in [5, 5.41) is 16.3. The molecule has 2 N–H and O–H groups in total. The number of hydrogen-bond acceptors (Lipinski definition) is 4. The van der Waals surface area contributed by atoms with Gasteiger partial charge in [-0.15, -0.1) is 0 Å². The lowest BCUT2D eigenvalue weighted by Crippen LogP contribution is -2.38. The predicted molar refractivity (Wildman–Crippen MR) is 174 cm³/mol. The smallest absolute Gasteiger partial charge is 0.211 e. The van der Waals surface area contributed by atoms with E-state index >= 15 is 0 Å². The van der Waals surface area contributed by atoms with Crippen molar-refractivity contribution in [2.24, 2.45) is 10.8 Å². The number of amides is 1. The number of halogens is 4. The van der Waals surface area contributed by atoms with Crippen LogP contribution in [-0.2, 0) is 4.79 Å². The van der Waals surface area contributed by atoms with Crippen LogP contribution in [0.3, 0.4) is 0 Å². The molecule has 0 spiro atoms. The fraction of sp³-hybridized carbons (Fsp3) is 0.412. The second kappa shape index (κ2) is 17.8. The van der Waals surface area contributed by atoms with Crippen molar-refractivity contribution in [1.29, 1.82) is 5.26 Å². The second-order valence-electron chi connectivity index (χ2n) is 11.2. The van der Waals surface area contributed by atoms with Gasteiger partial charge in [0.1, 0.15) is 17.4 Å². The maximum atomic E-state index is 14.3. The number of nitrogens with one attached hydrogen (secondary N) is 2. The highest BCUT2D eigenvalue weighted by atomic mass is 35.5. The number of benzene rings is 3. The van der Waals surface area contributed by atoms with Crippen molar-refractivity contribution in [1.82, 2.24) is 5.32 Å². The molecule has 1 fully saturated rings. The van der Waals surface area contributed by atoms with Crippen LogP contribution >= 0.6 is 23.2 Å². The standard InChI is InChI=1S/C17H22ClFN2.C9H11NO2.C6H4ClF.C2H6/c1-16(2,3)8-14-17(4,10-20)12(9-21-14)11-6-5-7-13(18)15(11)19;1-7-3-4-8(10-6-11)9(5-7)12-2;7-5-2-1-3-6(8)4-5;1-2/h5-7,12,14,21H,8-9H2,1-4H3;3-6H,1-2H3,(H,10,11);1-4H;1-2H3/t12?,14-,17-;;;/m0.../s1. The summed E-state index contributed by atoms with van der Waals surface area (Å²) in [5.74, 6) is -0.197. The molecule has 1 aliphatic rings. The van der Waals surface area contributed by atoms with Crippen molar-refractivity contribution in [3.63, 3.8) is 0 Å². The Morgan fingerprint density at radius 3 is 2.28 bits per heavy atom. The normalized spacial score (nSPS) is 18.8. The zero-order valence-electron chi connectivity index (χ0n) is 26.2. The van der Waals surface area contributed by atoms with Gasteiger partial charge in [-0.05, 0) is 73.2 Å². The molecule has 1 aliphatic heterocycles. The molecule has 0 aliphatic carbocycles. The molecule has 0 aromatic heterocycles. The number of ether oxygens (including phenoxy) is 1. The molecule has 3 atom stereocenters. The van der Waals surface area contributed by atoms with E-state index in [-0.39, 0.29) is 28.2 Å². The number of nitriles is 1. The van der Waals surface area contributed by atoms with Gasteiger partial charge in [0.15, 0.2) is 0 Å². The van der Waals surface area contributed by atoms with Crippen LogP contribution < -0.4 is 15.4 Å². The van der Waals surface area contributed by atoms with Crippen LogP contribution in [0.2, 0.25) is 10.0 Å². The molecule has 3 aromatic carbocycles. The van der Waals surface area contributed by atoms with Gasteiger partial charge in [0.25, 0.3) is 0 Å². The topological polar surface area (TPSA) is 74.2 Å². The van der Waals surface area contributed by atoms with E-state index < -0.39 is 11.2 Å². The first-order valence-electron chi connectivity index (χ1n) is 14.1. The minimum atomic E-state index is -0.640. The van der Waals surface area contributed by atoms with E-state index in [0.717, 1.165) is 12.0 Å². The third-order valence-corrected chi connectivity index (χ3v) is 7.32. The summed E-state index contributed by atoms with van der Waals surface area (Å²) >= 11 is 11.3. The van der Waals surface area contributed by atoms with Gasteiger partial charge < -0.3 is 15.4 Å². The third-order valence-electron chi connectivity index (χ3n) is 6.79. The maximum Gasteiger partial charge on any atom is 0.211 e. The molecule has 43 heavy (non-hydrogen) atoms. The first kappa shape index (κ1) is 37.8. The minimum Gasteiger partial charge on any atom is -0.495 e. The van der Waals surface area contributed by atoms with Crippen LogP contribution in [-0.4, -0.2) is 26.1 Å². The van der Waals surface area contributed by atoms with Crippen molar-refractivity contribution in [2.45, 2.75) is 66.8 Å². The van der Waals surface area contributed by atoms with Crippen LogP contribution in [0.5, 0.6) is 5.75 Å². The van der Waals surface area contributed by atoms with Crippen LogP contribution in [0.4, 0.5) is 14.5 Å². The number of rotatable bonds is 5. The van der Waals surface area contributed by atoms with Gasteiger partial charge in [0, 0.05) is 23.5 Å². The van der Waals surface area contributed by atoms with Crippen molar-refractivity contribution < 1.29 is 18.3 Å². The lowest BCUT2D eigenvalue weighted by molar-refractivity contribution is -0.105. The molecule has 9 heteroatoms. The number of nitrogens with zero attached hydrogens (tertiary/aromatic N) is 1. The van der Waals surface area contributed by atoms with Gasteiger partial charge in [-0.1, -0.05) is 82.1 Å². The molecule has 3 aromatic rings. The molecule has 0 saturated carbocycles. The number of methoxy groups -OCH3 is 1. The molecule has 1 heterocycles. The Labute approximate surface area is 265 Å². The molecule has 1 saturated heterocycles. The van der Waals surface area contributed by atoms with E-state index in [1.165, 1.54) is 12.1 Å². The Morgan fingerprint density at radius 2 is 1.77 bits per heavy atom. The van der Waals surface area contributed by atoms with Crippen LogP contribution in [0.25, 0.3) is 0 Å². The summed E-state index contributed by atoms with van der Waals surface area (Å²) in [5.41, 5.74) is 1.80. The quantitative estimate of drug-likeness (QED) is 0.274. The van der Waals surface area contributed by atoms with Crippen LogP contribution in [0.1, 0.15) is 65.0 Å². The predicted octanol–water partition coefficient (Wildman–Crippen LogP) is 9.58. The number of anilines is 1. The van der Waals surface area contributed by atoms with E-state index in [0.29, 0.717) is 35.0 Å². The highest BCUT2D eigenvalue weighted by Gasteiger charge is 2.49. The Bertz CT molecular complexity index is 1340. The number of aryl methyl sites for hydroxylation is 1. The van der Waals surface area contributed by atoms with E-state index in [2.05, 4.69) is 37.5 Å². The average molecular weight is 635 g/mol. The van der Waals surface area contributed by atoms with Crippen molar-refractivity contribution in [3.8, 4) is 11.8 Å². The molecular formula is C34H43Cl2F2N3O2. The molecule has 1 unspecified atom stereocenters. The van der Waals surface area contributed by atoms with Crippen molar-refractivity contribution in [3.05, 3.63) is 93.5 Å². The summed E-state index contributed by atoms with van der Waals surface area (Å²) in [6.45, 7) is 14.9. The second-order valence-corrected chi connectivity index (χ2v) is 12.1. The van der Waals surface area contributed by atoms with Crippen LogP contribution in [0, 0.1) is 40.7 Å². The first-order chi connectivity index (χ1) is 20.2. The van der Waals surface area contributed by atoms with Gasteiger partial charge >= 0.3 is 0 Å². The molecule has 0 radical (unpaired) electrons. The average Bonchev–Trinajstić information content (AvgIpc) is 3.27. The van der Waals surface area contributed by atoms with Crippen LogP contribution in [0.15, 0.2) is 60.7 Å². The first-order valence-corrected chi connectivity index (χ1v) is 14.9. The summed E-state index contributed by atoms with van der Waals surface area (Å²) in [7, 11) is 1.57. The molecular weight excluding hydrogens is 591 g/mol. The Hall–Kier alpha value is -3.18. The summed E-state index contributed by atoms with van der Waals surface area (Å²) in [4.78, 5) is 10.2. The number of carbonyl (C=O) groups is 1. The fourth-order valence-corrected chi connectivity index (χ4v) is 5.00. The van der Waals surface area contributed by atoms with E-state index in [1.807, 2.05) is 45.9 Å². The highest BCUT2D eigenvalue weighted by molar-refractivity contribution is 6.31. The summed E-state index contributed by atoms with van der Waals surface area (Å²) in [6, 6.07) is 18.9. The molecule has 1 amide bonds. The van der Waals surface area contributed by atoms with Crippen molar-refractivity contribution >= 4 is 35.3 Å². The van der Waals surface area contributed by atoms with E-state index in [9.17, 15) is 18.8 Å². The van der Waals surface area contributed by atoms with E-state index in [1.54, 1.807) is 37.4 Å². The zero-order valence-corrected chi connectivity index (χ0v) is 27.7. The lowest BCUT2D eigenvalue weighted by atomic mass is 9.69. The van der Waals surface area contributed by atoms with Gasteiger partial charge in [-0.2, -0.15) is 5.26 Å². The Kier molecular flexibility index (Phi) is 15.7. The molecule has 5 nitrogen and oxygen atoms in total. The largest absolute Gasteiger partial charge is 0.495 e. The fourth-order valence-electron chi connectivity index (χ4n) is 4.64. The van der Waals surface area contributed by atoms with Gasteiger partial charge in [-0.3, -0.25) is 4.79 Å². The number of hydrogen-bond donors (Lipinski definition) is 2. The molecule has 0 bridgehead atoms.